The van der Waals surface area contributed by atoms with Gasteiger partial charge in [0.1, 0.15) is 5.75 Å². The fourth-order valence-electron chi connectivity index (χ4n) is 1.93. The molecule has 2 rings (SSSR count). The molecule has 0 aliphatic carbocycles. The molecule has 0 saturated carbocycles. The summed E-state index contributed by atoms with van der Waals surface area (Å²) in [7, 11) is 3.89. The predicted molar refractivity (Wildman–Crippen MR) is 81.6 cm³/mol. The number of hydrogen-bond acceptors (Lipinski definition) is 3. The third kappa shape index (κ3) is 2.91. The predicted octanol–water partition coefficient (Wildman–Crippen LogP) is 3.02. The van der Waals surface area contributed by atoms with E-state index >= 15 is 0 Å². The highest BCUT2D eigenvalue weighted by Gasteiger charge is 2.11. The second-order valence-electron chi connectivity index (χ2n) is 4.85. The van der Waals surface area contributed by atoms with Crippen molar-refractivity contribution in [1.29, 1.82) is 0 Å². The molecule has 4 nitrogen and oxygen atoms in total. The number of phenols is 1. The van der Waals surface area contributed by atoms with Gasteiger partial charge in [-0.3, -0.25) is 4.79 Å². The van der Waals surface area contributed by atoms with E-state index < -0.39 is 0 Å². The summed E-state index contributed by atoms with van der Waals surface area (Å²) < 4.78 is 0. The highest BCUT2D eigenvalue weighted by molar-refractivity contribution is 6.05. The van der Waals surface area contributed by atoms with Crippen LogP contribution in [0.1, 0.15) is 15.9 Å². The lowest BCUT2D eigenvalue weighted by molar-refractivity contribution is 0.102. The molecule has 2 aromatic carbocycles. The molecule has 2 N–H and O–H groups in total. The first-order chi connectivity index (χ1) is 9.49. The fraction of sp³-hybridized carbons (Fsp3) is 0.188. The Morgan fingerprint density at radius 3 is 2.55 bits per heavy atom. The fourth-order valence-corrected chi connectivity index (χ4v) is 1.93. The van der Waals surface area contributed by atoms with Gasteiger partial charge in [-0.1, -0.05) is 12.1 Å². The molecule has 0 spiro atoms. The molecule has 104 valence electrons. The number of carbonyl (C=O) groups excluding carboxylic acids is 1. The van der Waals surface area contributed by atoms with Crippen LogP contribution < -0.4 is 10.2 Å². The first-order valence-corrected chi connectivity index (χ1v) is 6.36. The molecule has 4 heteroatoms. The van der Waals surface area contributed by atoms with Crippen LogP contribution in [0.4, 0.5) is 11.4 Å². The van der Waals surface area contributed by atoms with E-state index in [2.05, 4.69) is 5.32 Å². The van der Waals surface area contributed by atoms with E-state index in [1.807, 2.05) is 43.3 Å². The molecule has 0 saturated heterocycles. The Labute approximate surface area is 118 Å². The van der Waals surface area contributed by atoms with Crippen molar-refractivity contribution in [3.63, 3.8) is 0 Å². The highest BCUT2D eigenvalue weighted by atomic mass is 16.3. The summed E-state index contributed by atoms with van der Waals surface area (Å²) in [5.74, 6) is -0.103. The van der Waals surface area contributed by atoms with Crippen molar-refractivity contribution in [1.82, 2.24) is 0 Å². The summed E-state index contributed by atoms with van der Waals surface area (Å²) in [6.07, 6.45) is 0. The number of nitrogens with zero attached hydrogens (tertiary/aromatic N) is 1. The monoisotopic (exact) mass is 270 g/mol. The maximum absolute atomic E-state index is 12.2. The van der Waals surface area contributed by atoms with Crippen LogP contribution in [0, 0.1) is 6.92 Å². The molecule has 0 aliphatic rings. The molecule has 0 unspecified atom stereocenters. The van der Waals surface area contributed by atoms with Gasteiger partial charge in [0, 0.05) is 36.6 Å². The van der Waals surface area contributed by atoms with E-state index in [-0.39, 0.29) is 11.7 Å². The number of rotatable bonds is 3. The minimum atomic E-state index is -0.227. The Balaban J connectivity index is 2.24. The molecule has 0 atom stereocenters. The van der Waals surface area contributed by atoms with Gasteiger partial charge in [-0.05, 0) is 37.3 Å². The molecule has 0 radical (unpaired) electrons. The minimum Gasteiger partial charge on any atom is -0.508 e. The smallest absolute Gasteiger partial charge is 0.256 e. The summed E-state index contributed by atoms with van der Waals surface area (Å²) in [6.45, 7) is 1.72. The van der Waals surface area contributed by atoms with E-state index in [0.29, 0.717) is 11.1 Å². The number of nitrogens with one attached hydrogen (secondary N) is 1. The summed E-state index contributed by atoms with van der Waals surface area (Å²) in [5, 5.41) is 12.5. The number of benzene rings is 2. The van der Waals surface area contributed by atoms with Crippen molar-refractivity contribution < 1.29 is 9.90 Å². The van der Waals surface area contributed by atoms with Gasteiger partial charge in [0.15, 0.2) is 0 Å². The van der Waals surface area contributed by atoms with Crippen molar-refractivity contribution in [3.05, 3.63) is 53.6 Å². The van der Waals surface area contributed by atoms with E-state index in [4.69, 9.17) is 0 Å². The summed E-state index contributed by atoms with van der Waals surface area (Å²) in [6, 6.07) is 12.5. The van der Waals surface area contributed by atoms with Crippen molar-refractivity contribution in [2.24, 2.45) is 0 Å². The van der Waals surface area contributed by atoms with Crippen molar-refractivity contribution in [2.75, 3.05) is 24.3 Å². The lowest BCUT2D eigenvalue weighted by atomic mass is 10.1. The molecular formula is C16H18N2O2. The Morgan fingerprint density at radius 2 is 1.85 bits per heavy atom. The van der Waals surface area contributed by atoms with Crippen molar-refractivity contribution in [2.45, 2.75) is 6.92 Å². The SMILES string of the molecule is Cc1c(O)cccc1C(=O)Nc1cccc(N(C)C)c1. The van der Waals surface area contributed by atoms with Crippen LogP contribution in [-0.4, -0.2) is 25.1 Å². The van der Waals surface area contributed by atoms with Gasteiger partial charge in [-0.2, -0.15) is 0 Å². The molecule has 0 heterocycles. The molecule has 0 bridgehead atoms. The molecule has 0 aromatic heterocycles. The van der Waals surface area contributed by atoms with Gasteiger partial charge in [0.05, 0.1) is 0 Å². The third-order valence-corrected chi connectivity index (χ3v) is 3.17. The molecular weight excluding hydrogens is 252 g/mol. The van der Waals surface area contributed by atoms with E-state index in [9.17, 15) is 9.90 Å². The quantitative estimate of drug-likeness (QED) is 0.901. The molecule has 2 aromatic rings. The number of hydrogen-bond donors (Lipinski definition) is 2. The third-order valence-electron chi connectivity index (χ3n) is 3.17. The van der Waals surface area contributed by atoms with Crippen LogP contribution >= 0.6 is 0 Å². The van der Waals surface area contributed by atoms with Crippen LogP contribution in [0.25, 0.3) is 0 Å². The van der Waals surface area contributed by atoms with Crippen molar-refractivity contribution >= 4 is 17.3 Å². The van der Waals surface area contributed by atoms with Gasteiger partial charge < -0.3 is 15.3 Å². The summed E-state index contributed by atoms with van der Waals surface area (Å²) in [4.78, 5) is 14.2. The first kappa shape index (κ1) is 13.9. The van der Waals surface area contributed by atoms with Crippen LogP contribution in [-0.2, 0) is 0 Å². The van der Waals surface area contributed by atoms with Crippen LogP contribution in [0.15, 0.2) is 42.5 Å². The molecule has 20 heavy (non-hydrogen) atoms. The lowest BCUT2D eigenvalue weighted by Crippen LogP contribution is -2.14. The van der Waals surface area contributed by atoms with Gasteiger partial charge >= 0.3 is 0 Å². The topological polar surface area (TPSA) is 52.6 Å². The maximum Gasteiger partial charge on any atom is 0.256 e. The highest BCUT2D eigenvalue weighted by Crippen LogP contribution is 2.22. The Hall–Kier alpha value is -2.49. The van der Waals surface area contributed by atoms with Crippen LogP contribution in [0.3, 0.4) is 0 Å². The summed E-state index contributed by atoms with van der Waals surface area (Å²) >= 11 is 0. The van der Waals surface area contributed by atoms with Gasteiger partial charge in [-0.25, -0.2) is 0 Å². The van der Waals surface area contributed by atoms with E-state index in [1.165, 1.54) is 0 Å². The van der Waals surface area contributed by atoms with Gasteiger partial charge in [-0.15, -0.1) is 0 Å². The normalized spacial score (nSPS) is 10.2. The van der Waals surface area contributed by atoms with Crippen molar-refractivity contribution in [3.8, 4) is 5.75 Å². The average molecular weight is 270 g/mol. The zero-order valence-corrected chi connectivity index (χ0v) is 11.8. The Morgan fingerprint density at radius 1 is 1.15 bits per heavy atom. The second kappa shape index (κ2) is 5.65. The van der Waals surface area contributed by atoms with Gasteiger partial charge in [0.2, 0.25) is 0 Å². The van der Waals surface area contributed by atoms with E-state index in [0.717, 1.165) is 11.4 Å². The first-order valence-electron chi connectivity index (χ1n) is 6.36. The van der Waals surface area contributed by atoms with Crippen LogP contribution in [0.2, 0.25) is 0 Å². The minimum absolute atomic E-state index is 0.125. The largest absolute Gasteiger partial charge is 0.508 e. The number of phenolic OH excluding ortho intramolecular Hbond substituents is 1. The van der Waals surface area contributed by atoms with Gasteiger partial charge in [0.25, 0.3) is 5.91 Å². The van der Waals surface area contributed by atoms with E-state index in [1.54, 1.807) is 25.1 Å². The number of anilines is 2. The second-order valence-corrected chi connectivity index (χ2v) is 4.85. The Kier molecular flexibility index (Phi) is 3.94. The van der Waals surface area contributed by atoms with Crippen LogP contribution in [0.5, 0.6) is 5.75 Å². The molecule has 1 amide bonds. The number of aromatic hydroxyl groups is 1. The number of carbonyl (C=O) groups is 1. The molecule has 0 fully saturated rings. The lowest BCUT2D eigenvalue weighted by Gasteiger charge is -2.14. The average Bonchev–Trinajstić information content (AvgIpc) is 2.42. The summed E-state index contributed by atoms with van der Waals surface area (Å²) in [5.41, 5.74) is 2.79. The number of amides is 1. The standard InChI is InChI=1S/C16H18N2O2/c1-11-14(8-5-9-15(11)19)16(20)17-12-6-4-7-13(10-12)18(2)3/h4-10,19H,1-3H3,(H,17,20). The maximum atomic E-state index is 12.2. The Bertz CT molecular complexity index is 636. The molecule has 0 aliphatic heterocycles. The zero-order chi connectivity index (χ0) is 14.7. The zero-order valence-electron chi connectivity index (χ0n) is 11.8.